The van der Waals surface area contributed by atoms with Crippen molar-refractivity contribution >= 4 is 28.1 Å². The molecule has 8 heteroatoms. The van der Waals surface area contributed by atoms with Crippen molar-refractivity contribution < 1.29 is 14.6 Å². The molecule has 0 radical (unpaired) electrons. The highest BCUT2D eigenvalue weighted by Crippen LogP contribution is 2.39. The van der Waals surface area contributed by atoms with Gasteiger partial charge in [-0.2, -0.15) is 5.10 Å². The molecule has 0 bridgehead atoms. The van der Waals surface area contributed by atoms with Gasteiger partial charge in [0.25, 0.3) is 0 Å². The third-order valence-corrected chi connectivity index (χ3v) is 4.99. The standard InChI is InChI=1S/C15H18N4O3S/c20-14(21)12-9-23-15(17-12)19(10-4-5-10)11-7-16-18(8-11)13-3-1-2-6-22-13/h7-10,13H,1-6H2,(H,20,21). The van der Waals surface area contributed by atoms with Gasteiger partial charge in [0.2, 0.25) is 0 Å². The molecule has 1 saturated carbocycles. The lowest BCUT2D eigenvalue weighted by Gasteiger charge is -2.23. The summed E-state index contributed by atoms with van der Waals surface area (Å²) in [6.45, 7) is 0.778. The molecule has 1 saturated heterocycles. The normalized spacial score (nSPS) is 21.3. The van der Waals surface area contributed by atoms with Crippen molar-refractivity contribution in [1.82, 2.24) is 14.8 Å². The van der Waals surface area contributed by atoms with E-state index in [9.17, 15) is 4.79 Å². The first kappa shape index (κ1) is 14.6. The molecule has 0 aromatic carbocycles. The summed E-state index contributed by atoms with van der Waals surface area (Å²) < 4.78 is 7.64. The number of carbonyl (C=O) groups is 1. The van der Waals surface area contributed by atoms with Crippen LogP contribution in [0.15, 0.2) is 17.8 Å². The molecule has 2 fully saturated rings. The second-order valence-corrected chi connectivity index (χ2v) is 6.76. The van der Waals surface area contributed by atoms with Crippen molar-refractivity contribution in [3.63, 3.8) is 0 Å². The Morgan fingerprint density at radius 3 is 2.91 bits per heavy atom. The Labute approximate surface area is 137 Å². The number of carboxylic acid groups (broad SMARTS) is 1. The van der Waals surface area contributed by atoms with Gasteiger partial charge >= 0.3 is 5.97 Å². The Morgan fingerprint density at radius 1 is 1.39 bits per heavy atom. The number of hydrogen-bond donors (Lipinski definition) is 1. The number of nitrogens with zero attached hydrogens (tertiary/aromatic N) is 4. The smallest absolute Gasteiger partial charge is 0.355 e. The molecule has 1 atom stereocenters. The van der Waals surface area contributed by atoms with E-state index < -0.39 is 5.97 Å². The predicted molar refractivity (Wildman–Crippen MR) is 85.3 cm³/mol. The Morgan fingerprint density at radius 2 is 2.26 bits per heavy atom. The molecule has 2 aromatic rings. The summed E-state index contributed by atoms with van der Waals surface area (Å²) in [6.07, 6.45) is 9.22. The monoisotopic (exact) mass is 334 g/mol. The first-order valence-electron chi connectivity index (χ1n) is 7.86. The lowest BCUT2D eigenvalue weighted by atomic mass is 10.2. The molecule has 23 heavy (non-hydrogen) atoms. The van der Waals surface area contributed by atoms with Crippen molar-refractivity contribution in [2.24, 2.45) is 0 Å². The Balaban J connectivity index is 1.60. The van der Waals surface area contributed by atoms with Crippen molar-refractivity contribution in [2.45, 2.75) is 44.4 Å². The second-order valence-electron chi connectivity index (χ2n) is 5.92. The number of aromatic carboxylic acids is 1. The SMILES string of the molecule is O=C(O)c1csc(N(c2cnn(C3CCCCO3)c2)C2CC2)n1. The summed E-state index contributed by atoms with van der Waals surface area (Å²) in [5.74, 6) is -0.991. The highest BCUT2D eigenvalue weighted by Gasteiger charge is 2.33. The average molecular weight is 334 g/mol. The number of ether oxygens (including phenoxy) is 1. The van der Waals surface area contributed by atoms with Crippen molar-refractivity contribution in [1.29, 1.82) is 0 Å². The van der Waals surface area contributed by atoms with Gasteiger partial charge in [-0.15, -0.1) is 11.3 Å². The molecule has 7 nitrogen and oxygen atoms in total. The van der Waals surface area contributed by atoms with Crippen molar-refractivity contribution in [2.75, 3.05) is 11.5 Å². The third kappa shape index (κ3) is 2.96. The van der Waals surface area contributed by atoms with Crippen LogP contribution in [0.5, 0.6) is 0 Å². The van der Waals surface area contributed by atoms with Gasteiger partial charge in [-0.3, -0.25) is 0 Å². The van der Waals surface area contributed by atoms with Gasteiger partial charge in [0.1, 0.15) is 6.23 Å². The molecule has 1 aliphatic heterocycles. The lowest BCUT2D eigenvalue weighted by molar-refractivity contribution is -0.0394. The second kappa shape index (κ2) is 5.93. The van der Waals surface area contributed by atoms with E-state index in [1.807, 2.05) is 17.1 Å². The van der Waals surface area contributed by atoms with Gasteiger partial charge in [-0.05, 0) is 32.1 Å². The first-order valence-corrected chi connectivity index (χ1v) is 8.74. The number of hydrogen-bond acceptors (Lipinski definition) is 6. The van der Waals surface area contributed by atoms with Gasteiger partial charge in [-0.25, -0.2) is 14.5 Å². The molecule has 1 N–H and O–H groups in total. The molecule has 122 valence electrons. The zero-order valence-electron chi connectivity index (χ0n) is 12.6. The Hall–Kier alpha value is -1.93. The number of anilines is 2. The number of aromatic nitrogens is 3. The van der Waals surface area contributed by atoms with Crippen LogP contribution in [-0.4, -0.2) is 38.5 Å². The maximum Gasteiger partial charge on any atom is 0.355 e. The third-order valence-electron chi connectivity index (χ3n) is 4.15. The number of rotatable bonds is 5. The maximum atomic E-state index is 11.1. The van der Waals surface area contributed by atoms with Crippen LogP contribution in [0.2, 0.25) is 0 Å². The Bertz CT molecular complexity index is 703. The van der Waals surface area contributed by atoms with Gasteiger partial charge < -0.3 is 14.7 Å². The molecule has 1 unspecified atom stereocenters. The summed E-state index contributed by atoms with van der Waals surface area (Å²) in [4.78, 5) is 17.4. The molecule has 0 amide bonds. The average Bonchev–Trinajstić information content (AvgIpc) is 3.08. The summed E-state index contributed by atoms with van der Waals surface area (Å²) in [5.41, 5.74) is 1.05. The highest BCUT2D eigenvalue weighted by molar-refractivity contribution is 7.14. The van der Waals surface area contributed by atoms with E-state index in [-0.39, 0.29) is 11.9 Å². The zero-order valence-corrected chi connectivity index (χ0v) is 13.4. The fraction of sp³-hybridized carbons (Fsp3) is 0.533. The number of thiazole rings is 1. The van der Waals surface area contributed by atoms with E-state index in [1.165, 1.54) is 11.3 Å². The fourth-order valence-electron chi connectivity index (χ4n) is 2.83. The van der Waals surface area contributed by atoms with Crippen LogP contribution in [0.3, 0.4) is 0 Å². The van der Waals surface area contributed by atoms with E-state index in [0.717, 1.165) is 44.4 Å². The van der Waals surface area contributed by atoms with E-state index in [2.05, 4.69) is 15.0 Å². The molecule has 2 aliphatic rings. The zero-order chi connectivity index (χ0) is 15.8. The van der Waals surface area contributed by atoms with Gasteiger partial charge in [-0.1, -0.05) is 0 Å². The summed E-state index contributed by atoms with van der Waals surface area (Å²) >= 11 is 1.36. The molecule has 4 rings (SSSR count). The van der Waals surface area contributed by atoms with Crippen molar-refractivity contribution in [3.05, 3.63) is 23.5 Å². The van der Waals surface area contributed by atoms with Gasteiger partial charge in [0, 0.05) is 18.0 Å². The molecular weight excluding hydrogens is 316 g/mol. The first-order chi connectivity index (χ1) is 11.2. The molecule has 3 heterocycles. The van der Waals surface area contributed by atoms with Crippen molar-refractivity contribution in [3.8, 4) is 0 Å². The highest BCUT2D eigenvalue weighted by atomic mass is 32.1. The summed E-state index contributed by atoms with van der Waals surface area (Å²) in [5, 5.41) is 15.8. The van der Waals surface area contributed by atoms with Gasteiger partial charge in [0.05, 0.1) is 18.1 Å². The molecular formula is C15H18N4O3S. The van der Waals surface area contributed by atoms with E-state index in [0.29, 0.717) is 11.2 Å². The maximum absolute atomic E-state index is 11.1. The van der Waals surface area contributed by atoms with E-state index >= 15 is 0 Å². The summed E-state index contributed by atoms with van der Waals surface area (Å²) in [6, 6.07) is 0.382. The minimum atomic E-state index is -0.991. The largest absolute Gasteiger partial charge is 0.476 e. The Kier molecular flexibility index (Phi) is 3.78. The van der Waals surface area contributed by atoms with Crippen LogP contribution in [-0.2, 0) is 4.74 Å². The van der Waals surface area contributed by atoms with Crippen LogP contribution in [0, 0.1) is 0 Å². The van der Waals surface area contributed by atoms with E-state index in [1.54, 1.807) is 5.38 Å². The molecule has 0 spiro atoms. The van der Waals surface area contributed by atoms with Crippen LogP contribution < -0.4 is 4.90 Å². The summed E-state index contributed by atoms with van der Waals surface area (Å²) in [7, 11) is 0. The van der Waals surface area contributed by atoms with Crippen LogP contribution in [0.4, 0.5) is 10.8 Å². The lowest BCUT2D eigenvalue weighted by Crippen LogP contribution is -2.20. The number of carboxylic acids is 1. The van der Waals surface area contributed by atoms with Gasteiger partial charge in [0.15, 0.2) is 10.8 Å². The predicted octanol–water partition coefficient (Wildman–Crippen LogP) is 3.04. The minimum absolute atomic E-state index is 0.00410. The van der Waals surface area contributed by atoms with Crippen LogP contribution in [0.25, 0.3) is 0 Å². The quantitative estimate of drug-likeness (QED) is 0.905. The minimum Gasteiger partial charge on any atom is -0.476 e. The van der Waals surface area contributed by atoms with Crippen LogP contribution in [0.1, 0.15) is 48.8 Å². The van der Waals surface area contributed by atoms with Crippen LogP contribution >= 0.6 is 11.3 Å². The topological polar surface area (TPSA) is 80.5 Å². The van der Waals surface area contributed by atoms with E-state index in [4.69, 9.17) is 9.84 Å². The molecule has 1 aliphatic carbocycles. The fourth-order valence-corrected chi connectivity index (χ4v) is 3.72. The molecule has 2 aromatic heterocycles.